The monoisotopic (exact) mass is 174 g/mol. The fourth-order valence-corrected chi connectivity index (χ4v) is 0.342. The average Bonchev–Trinajstić information content (AvgIpc) is 1.59. The third-order valence-electron chi connectivity index (χ3n) is 0.365. The molecular weight excluding hydrogens is 170 g/mol. The molecule has 0 saturated heterocycles. The molecule has 0 amide bonds. The normalized spacial score (nSPS) is 10.9. The van der Waals surface area contributed by atoms with Crippen molar-refractivity contribution in [3.05, 3.63) is 12.8 Å². The SMILES string of the molecule is C=COCC(Cl)(Cl)Cl. The van der Waals surface area contributed by atoms with Crippen LogP contribution >= 0.6 is 34.8 Å². The maximum atomic E-state index is 5.27. The summed E-state index contributed by atoms with van der Waals surface area (Å²) in [5.41, 5.74) is 0. The molecule has 0 saturated carbocycles. The molecule has 0 aliphatic heterocycles. The van der Waals surface area contributed by atoms with Crippen LogP contribution in [0.1, 0.15) is 0 Å². The number of hydrogen-bond acceptors (Lipinski definition) is 1. The Balaban J connectivity index is 3.24. The summed E-state index contributed by atoms with van der Waals surface area (Å²) in [7, 11) is 0. The van der Waals surface area contributed by atoms with Gasteiger partial charge in [0.2, 0.25) is 3.79 Å². The summed E-state index contributed by atoms with van der Waals surface area (Å²) >= 11 is 15.8. The lowest BCUT2D eigenvalue weighted by Crippen LogP contribution is -2.09. The van der Waals surface area contributed by atoms with Crippen molar-refractivity contribution in [1.82, 2.24) is 0 Å². The minimum absolute atomic E-state index is 0.0428. The van der Waals surface area contributed by atoms with Crippen LogP contribution in [0.25, 0.3) is 0 Å². The van der Waals surface area contributed by atoms with Crippen LogP contribution in [-0.4, -0.2) is 10.4 Å². The summed E-state index contributed by atoms with van der Waals surface area (Å²) in [6.45, 7) is 3.31. The maximum Gasteiger partial charge on any atom is 0.223 e. The van der Waals surface area contributed by atoms with E-state index in [2.05, 4.69) is 11.3 Å². The van der Waals surface area contributed by atoms with Gasteiger partial charge in [-0.3, -0.25) is 0 Å². The van der Waals surface area contributed by atoms with E-state index >= 15 is 0 Å². The highest BCUT2D eigenvalue weighted by molar-refractivity contribution is 6.67. The fourth-order valence-electron chi connectivity index (χ4n) is 0.153. The first-order valence-corrected chi connectivity index (χ1v) is 2.99. The van der Waals surface area contributed by atoms with E-state index in [-0.39, 0.29) is 6.61 Å². The van der Waals surface area contributed by atoms with Crippen LogP contribution in [0.4, 0.5) is 0 Å². The minimum atomic E-state index is -1.33. The molecule has 0 atom stereocenters. The molecule has 48 valence electrons. The van der Waals surface area contributed by atoms with Gasteiger partial charge < -0.3 is 4.74 Å². The molecule has 0 aromatic rings. The Kier molecular flexibility index (Phi) is 3.61. The summed E-state index contributed by atoms with van der Waals surface area (Å²) in [4.78, 5) is 0. The topological polar surface area (TPSA) is 9.23 Å². The summed E-state index contributed by atoms with van der Waals surface area (Å²) in [5, 5.41) is 0. The molecule has 0 bridgehead atoms. The molecule has 0 unspecified atom stereocenters. The van der Waals surface area contributed by atoms with Crippen LogP contribution in [0, 0.1) is 0 Å². The van der Waals surface area contributed by atoms with Crippen molar-refractivity contribution in [3.8, 4) is 0 Å². The van der Waals surface area contributed by atoms with Gasteiger partial charge >= 0.3 is 0 Å². The number of alkyl halides is 3. The van der Waals surface area contributed by atoms with Crippen molar-refractivity contribution in [2.24, 2.45) is 0 Å². The first kappa shape index (κ1) is 8.41. The molecule has 0 aliphatic rings. The lowest BCUT2D eigenvalue weighted by molar-refractivity contribution is 0.258. The standard InChI is InChI=1S/C4H5Cl3O/c1-2-8-3-4(5,6)7/h2H,1,3H2. The van der Waals surface area contributed by atoms with Crippen molar-refractivity contribution in [3.63, 3.8) is 0 Å². The molecule has 0 aromatic carbocycles. The second kappa shape index (κ2) is 3.44. The first-order valence-electron chi connectivity index (χ1n) is 1.85. The van der Waals surface area contributed by atoms with Crippen LogP contribution < -0.4 is 0 Å². The van der Waals surface area contributed by atoms with E-state index in [0.717, 1.165) is 0 Å². The number of hydrogen-bond donors (Lipinski definition) is 0. The van der Waals surface area contributed by atoms with Crippen LogP contribution in [0.5, 0.6) is 0 Å². The lowest BCUT2D eigenvalue weighted by atomic mass is 10.8. The van der Waals surface area contributed by atoms with Crippen molar-refractivity contribution in [2.45, 2.75) is 3.79 Å². The lowest BCUT2D eigenvalue weighted by Gasteiger charge is -2.07. The highest BCUT2D eigenvalue weighted by Crippen LogP contribution is 2.25. The zero-order chi connectivity index (χ0) is 6.62. The van der Waals surface area contributed by atoms with Crippen LogP contribution in [-0.2, 0) is 4.74 Å². The van der Waals surface area contributed by atoms with Gasteiger partial charge in [0.15, 0.2) is 0 Å². The molecule has 0 heterocycles. The second-order valence-electron chi connectivity index (χ2n) is 1.09. The van der Waals surface area contributed by atoms with Gasteiger partial charge in [-0.15, -0.1) is 0 Å². The Labute approximate surface area is 63.2 Å². The van der Waals surface area contributed by atoms with Crippen molar-refractivity contribution < 1.29 is 4.74 Å². The molecule has 0 rings (SSSR count). The molecule has 4 heteroatoms. The first-order chi connectivity index (χ1) is 3.56. The van der Waals surface area contributed by atoms with Crippen molar-refractivity contribution >= 4 is 34.8 Å². The molecule has 0 aliphatic carbocycles. The van der Waals surface area contributed by atoms with Gasteiger partial charge in [-0.2, -0.15) is 0 Å². The molecule has 0 fully saturated rings. The molecular formula is C4H5Cl3O. The minimum Gasteiger partial charge on any atom is -0.497 e. The van der Waals surface area contributed by atoms with E-state index in [1.165, 1.54) is 6.26 Å². The van der Waals surface area contributed by atoms with Crippen molar-refractivity contribution in [2.75, 3.05) is 6.61 Å². The molecule has 0 spiro atoms. The third-order valence-corrected chi connectivity index (χ3v) is 0.692. The Morgan fingerprint density at radius 3 is 2.12 bits per heavy atom. The number of rotatable bonds is 2. The maximum absolute atomic E-state index is 5.27. The predicted octanol–water partition coefficient (Wildman–Crippen LogP) is 2.52. The number of ether oxygens (including phenoxy) is 1. The van der Waals surface area contributed by atoms with E-state index in [0.29, 0.717) is 0 Å². The highest BCUT2D eigenvalue weighted by Gasteiger charge is 2.18. The van der Waals surface area contributed by atoms with Crippen LogP contribution in [0.3, 0.4) is 0 Å². The highest BCUT2D eigenvalue weighted by atomic mass is 35.6. The van der Waals surface area contributed by atoms with Crippen molar-refractivity contribution in [1.29, 1.82) is 0 Å². The van der Waals surface area contributed by atoms with Gasteiger partial charge in [0.25, 0.3) is 0 Å². The van der Waals surface area contributed by atoms with Gasteiger partial charge in [-0.05, 0) is 0 Å². The Bertz CT molecular complexity index is 75.8. The fraction of sp³-hybridized carbons (Fsp3) is 0.500. The quantitative estimate of drug-likeness (QED) is 0.463. The summed E-state index contributed by atoms with van der Waals surface area (Å²) in [6, 6.07) is 0. The van der Waals surface area contributed by atoms with Gasteiger partial charge in [-0.1, -0.05) is 41.4 Å². The zero-order valence-electron chi connectivity index (χ0n) is 4.03. The molecule has 8 heavy (non-hydrogen) atoms. The number of halogens is 3. The third kappa shape index (κ3) is 6.41. The Hall–Kier alpha value is 0.410. The van der Waals surface area contributed by atoms with E-state index in [9.17, 15) is 0 Å². The predicted molar refractivity (Wildman–Crippen MR) is 36.4 cm³/mol. The largest absolute Gasteiger partial charge is 0.497 e. The molecule has 0 radical (unpaired) electrons. The van der Waals surface area contributed by atoms with E-state index in [1.54, 1.807) is 0 Å². The van der Waals surface area contributed by atoms with E-state index in [1.807, 2.05) is 0 Å². The van der Waals surface area contributed by atoms with Crippen LogP contribution in [0.15, 0.2) is 12.8 Å². The average molecular weight is 175 g/mol. The zero-order valence-corrected chi connectivity index (χ0v) is 6.30. The Morgan fingerprint density at radius 2 is 2.00 bits per heavy atom. The van der Waals surface area contributed by atoms with Crippen LogP contribution in [0.2, 0.25) is 0 Å². The van der Waals surface area contributed by atoms with Gasteiger partial charge in [0, 0.05) is 0 Å². The molecule has 0 aromatic heterocycles. The summed E-state index contributed by atoms with van der Waals surface area (Å²) < 4.78 is 3.24. The Morgan fingerprint density at radius 1 is 1.50 bits per heavy atom. The van der Waals surface area contributed by atoms with E-state index < -0.39 is 3.79 Å². The summed E-state index contributed by atoms with van der Waals surface area (Å²) in [6.07, 6.45) is 1.22. The summed E-state index contributed by atoms with van der Waals surface area (Å²) in [5.74, 6) is 0. The van der Waals surface area contributed by atoms with Gasteiger partial charge in [0.05, 0.1) is 6.26 Å². The van der Waals surface area contributed by atoms with E-state index in [4.69, 9.17) is 34.8 Å². The smallest absolute Gasteiger partial charge is 0.223 e. The van der Waals surface area contributed by atoms with Gasteiger partial charge in [-0.25, -0.2) is 0 Å². The molecule has 0 N–H and O–H groups in total. The molecule has 1 nitrogen and oxygen atoms in total. The van der Waals surface area contributed by atoms with Gasteiger partial charge in [0.1, 0.15) is 6.61 Å². The second-order valence-corrected chi connectivity index (χ2v) is 3.61.